The molecule has 6 nitrogen and oxygen atoms in total. The number of carbonyl (C=O) groups is 2. The maximum Gasteiger partial charge on any atom is 0.239 e. The Hall–Kier alpha value is -2.80. The lowest BCUT2D eigenvalue weighted by Gasteiger charge is -2.49. The van der Waals surface area contributed by atoms with Gasteiger partial charge < -0.3 is 10.1 Å². The lowest BCUT2D eigenvalue weighted by Crippen LogP contribution is -2.59. The normalized spacial score (nSPS) is 28.0. The molecule has 2 amide bonds. The lowest BCUT2D eigenvalue weighted by atomic mass is 9.79. The van der Waals surface area contributed by atoms with Crippen molar-refractivity contribution in [3.05, 3.63) is 60.2 Å². The van der Waals surface area contributed by atoms with Crippen LogP contribution in [0.15, 0.2) is 59.6 Å². The van der Waals surface area contributed by atoms with E-state index in [2.05, 4.69) is 5.32 Å². The number of anilines is 1. The Kier molecular flexibility index (Phi) is 3.55. The first-order chi connectivity index (χ1) is 13.1. The largest absolute Gasteiger partial charge is 0.465 e. The van der Waals surface area contributed by atoms with E-state index in [1.165, 1.54) is 11.8 Å². The van der Waals surface area contributed by atoms with Crippen molar-refractivity contribution in [3.8, 4) is 5.75 Å². The third-order valence-corrected chi connectivity index (χ3v) is 6.10. The third-order valence-electron chi connectivity index (χ3n) is 5.17. The van der Waals surface area contributed by atoms with Gasteiger partial charge in [-0.3, -0.25) is 14.5 Å². The van der Waals surface area contributed by atoms with E-state index in [9.17, 15) is 9.59 Å². The molecule has 1 fully saturated rings. The van der Waals surface area contributed by atoms with Crippen molar-refractivity contribution >= 4 is 34.4 Å². The highest BCUT2D eigenvalue weighted by molar-refractivity contribution is 8.15. The number of thioether (sulfide) groups is 1. The number of hydrogen-bond donors (Lipinski definition) is 1. The van der Waals surface area contributed by atoms with Crippen LogP contribution in [0, 0.1) is 5.92 Å². The van der Waals surface area contributed by atoms with E-state index in [4.69, 9.17) is 9.73 Å². The summed E-state index contributed by atoms with van der Waals surface area (Å²) in [4.78, 5) is 32.2. The SMILES string of the molecule is CC12N=C3SCC(=O)N3C(c3ccccc3O1)C2C(=O)Nc1ccccc1. The second-order valence-corrected chi connectivity index (χ2v) is 7.86. The standard InChI is InChI=1S/C20H17N3O3S/c1-20-16(18(25)21-12-7-3-2-4-8-12)17(13-9-5-6-10-14(13)26-20)23-15(24)11-27-19(23)22-20/h2-10,16-17H,11H2,1H3,(H,21,25). The molecule has 3 aliphatic heterocycles. The Balaban J connectivity index is 1.63. The van der Waals surface area contributed by atoms with Crippen molar-refractivity contribution in [2.24, 2.45) is 10.9 Å². The van der Waals surface area contributed by atoms with Gasteiger partial charge >= 0.3 is 0 Å². The number of ether oxygens (including phenoxy) is 1. The van der Waals surface area contributed by atoms with Gasteiger partial charge in [0.1, 0.15) is 11.7 Å². The number of hydrogen-bond acceptors (Lipinski definition) is 5. The molecule has 27 heavy (non-hydrogen) atoms. The number of amidine groups is 1. The van der Waals surface area contributed by atoms with Gasteiger partial charge in [0.15, 0.2) is 5.17 Å². The summed E-state index contributed by atoms with van der Waals surface area (Å²) >= 11 is 1.40. The van der Waals surface area contributed by atoms with Crippen LogP contribution in [0.25, 0.3) is 0 Å². The molecule has 136 valence electrons. The van der Waals surface area contributed by atoms with Crippen LogP contribution in [0.5, 0.6) is 5.75 Å². The maximum atomic E-state index is 13.3. The molecule has 1 saturated heterocycles. The highest BCUT2D eigenvalue weighted by atomic mass is 32.2. The van der Waals surface area contributed by atoms with Crippen molar-refractivity contribution in [3.63, 3.8) is 0 Å². The van der Waals surface area contributed by atoms with Crippen LogP contribution in [0.2, 0.25) is 0 Å². The van der Waals surface area contributed by atoms with Gasteiger partial charge in [-0.15, -0.1) is 0 Å². The average Bonchev–Trinajstić information content (AvgIpc) is 3.01. The Bertz CT molecular complexity index is 977. The number of para-hydroxylation sites is 2. The minimum Gasteiger partial charge on any atom is -0.465 e. The molecule has 2 bridgehead atoms. The van der Waals surface area contributed by atoms with Crippen molar-refractivity contribution in [2.75, 3.05) is 11.1 Å². The second-order valence-electron chi connectivity index (χ2n) is 6.92. The molecule has 0 aromatic heterocycles. The molecular weight excluding hydrogens is 362 g/mol. The van der Waals surface area contributed by atoms with Crippen LogP contribution in [-0.4, -0.2) is 33.4 Å². The number of fused-ring (bicyclic) bond motifs is 6. The number of rotatable bonds is 2. The smallest absolute Gasteiger partial charge is 0.239 e. The van der Waals surface area contributed by atoms with E-state index >= 15 is 0 Å². The van der Waals surface area contributed by atoms with E-state index in [1.807, 2.05) is 61.5 Å². The van der Waals surface area contributed by atoms with Crippen molar-refractivity contribution in [2.45, 2.75) is 18.7 Å². The van der Waals surface area contributed by atoms with Crippen LogP contribution in [0.1, 0.15) is 18.5 Å². The Labute approximate surface area is 160 Å². The maximum absolute atomic E-state index is 13.3. The molecule has 3 aliphatic rings. The van der Waals surface area contributed by atoms with Gasteiger partial charge in [0.25, 0.3) is 0 Å². The van der Waals surface area contributed by atoms with Crippen molar-refractivity contribution in [1.82, 2.24) is 4.90 Å². The molecule has 0 aliphatic carbocycles. The average molecular weight is 379 g/mol. The molecule has 1 N–H and O–H groups in total. The summed E-state index contributed by atoms with van der Waals surface area (Å²) in [6, 6.07) is 16.4. The molecule has 0 spiro atoms. The third kappa shape index (κ3) is 2.45. The van der Waals surface area contributed by atoms with Crippen molar-refractivity contribution < 1.29 is 14.3 Å². The minimum absolute atomic E-state index is 0.0278. The highest BCUT2D eigenvalue weighted by Gasteiger charge is 2.59. The number of carbonyl (C=O) groups excluding carboxylic acids is 2. The lowest BCUT2D eigenvalue weighted by molar-refractivity contribution is -0.139. The quantitative estimate of drug-likeness (QED) is 0.871. The molecule has 3 heterocycles. The van der Waals surface area contributed by atoms with E-state index in [0.29, 0.717) is 22.4 Å². The predicted molar refractivity (Wildman–Crippen MR) is 104 cm³/mol. The summed E-state index contributed by atoms with van der Waals surface area (Å²) in [5.74, 6) is 0.108. The zero-order valence-electron chi connectivity index (χ0n) is 14.6. The number of aliphatic imine (C=N–C) groups is 1. The predicted octanol–water partition coefficient (Wildman–Crippen LogP) is 3.04. The zero-order chi connectivity index (χ0) is 18.6. The van der Waals surface area contributed by atoms with Gasteiger partial charge in [-0.2, -0.15) is 0 Å². The Morgan fingerprint density at radius 3 is 2.78 bits per heavy atom. The van der Waals surface area contributed by atoms with Gasteiger partial charge in [0.05, 0.1) is 11.8 Å². The van der Waals surface area contributed by atoms with Crippen LogP contribution >= 0.6 is 11.8 Å². The van der Waals surface area contributed by atoms with E-state index in [1.54, 1.807) is 4.90 Å². The van der Waals surface area contributed by atoms with Crippen molar-refractivity contribution in [1.29, 1.82) is 0 Å². The molecule has 0 radical (unpaired) electrons. The molecule has 5 rings (SSSR count). The van der Waals surface area contributed by atoms with Gasteiger partial charge in [-0.1, -0.05) is 48.2 Å². The monoisotopic (exact) mass is 379 g/mol. The Morgan fingerprint density at radius 2 is 1.96 bits per heavy atom. The first kappa shape index (κ1) is 16.4. The van der Waals surface area contributed by atoms with E-state index in [0.717, 1.165) is 5.56 Å². The topological polar surface area (TPSA) is 71.0 Å². The molecule has 7 heteroatoms. The fraction of sp³-hybridized carbons (Fsp3) is 0.250. The Morgan fingerprint density at radius 1 is 1.22 bits per heavy atom. The van der Waals surface area contributed by atoms with Crippen LogP contribution in [-0.2, 0) is 9.59 Å². The van der Waals surface area contributed by atoms with Gasteiger partial charge in [-0.05, 0) is 25.1 Å². The minimum atomic E-state index is -1.07. The van der Waals surface area contributed by atoms with E-state index < -0.39 is 17.7 Å². The number of benzene rings is 2. The fourth-order valence-corrected chi connectivity index (χ4v) is 5.00. The molecule has 0 saturated carbocycles. The highest BCUT2D eigenvalue weighted by Crippen LogP contribution is 2.52. The second kappa shape index (κ2) is 5.85. The van der Waals surface area contributed by atoms with Gasteiger partial charge in [0.2, 0.25) is 17.5 Å². The fourth-order valence-electron chi connectivity index (χ4n) is 4.01. The molecule has 2 aromatic rings. The summed E-state index contributed by atoms with van der Waals surface area (Å²) in [5.41, 5.74) is 0.474. The summed E-state index contributed by atoms with van der Waals surface area (Å²) in [6.07, 6.45) is 0. The number of nitrogens with one attached hydrogen (secondary N) is 1. The van der Waals surface area contributed by atoms with Gasteiger partial charge in [-0.25, -0.2) is 4.99 Å². The molecule has 3 atom stereocenters. The van der Waals surface area contributed by atoms with Crippen LogP contribution < -0.4 is 10.1 Å². The molecular formula is C20H17N3O3S. The summed E-state index contributed by atoms with van der Waals surface area (Å²) < 4.78 is 6.21. The zero-order valence-corrected chi connectivity index (χ0v) is 15.4. The first-order valence-corrected chi connectivity index (χ1v) is 9.74. The summed E-state index contributed by atoms with van der Waals surface area (Å²) in [5, 5.41) is 3.59. The summed E-state index contributed by atoms with van der Waals surface area (Å²) in [7, 11) is 0. The van der Waals surface area contributed by atoms with Gasteiger partial charge in [0, 0.05) is 11.3 Å². The van der Waals surface area contributed by atoms with Crippen LogP contribution in [0.3, 0.4) is 0 Å². The first-order valence-electron chi connectivity index (χ1n) is 8.75. The molecule has 3 unspecified atom stereocenters. The molecule has 2 aromatic carbocycles. The van der Waals surface area contributed by atoms with E-state index in [-0.39, 0.29) is 11.8 Å². The number of amides is 2. The number of nitrogens with zero attached hydrogens (tertiary/aromatic N) is 2. The summed E-state index contributed by atoms with van der Waals surface area (Å²) in [6.45, 7) is 1.82. The van der Waals surface area contributed by atoms with Crippen LogP contribution in [0.4, 0.5) is 5.69 Å².